The molecular weight excluding hydrogens is 238 g/mol. The summed E-state index contributed by atoms with van der Waals surface area (Å²) in [4.78, 5) is 6.67. The smallest absolute Gasteiger partial charge is 0.106 e. The van der Waals surface area contributed by atoms with E-state index in [2.05, 4.69) is 32.7 Å². The summed E-state index contributed by atoms with van der Waals surface area (Å²) in [5.74, 6) is 1.02. The lowest BCUT2D eigenvalue weighted by molar-refractivity contribution is 0.0425. The van der Waals surface area contributed by atoms with Gasteiger partial charge in [-0.1, -0.05) is 6.07 Å². The molecule has 4 nitrogen and oxygen atoms in total. The normalized spacial score (nSPS) is 12.6. The standard InChI is InChI=1S/C15H23N3O/c1-11-16-13-8-12(6-7-14(13)18(11)5)9-17(4)10-15(2,3)19/h6-8,19H,9-10H2,1-5H3. The van der Waals surface area contributed by atoms with E-state index >= 15 is 0 Å². The molecule has 0 aliphatic heterocycles. The third-order valence-electron chi connectivity index (χ3n) is 3.28. The fraction of sp³-hybridized carbons (Fsp3) is 0.533. The van der Waals surface area contributed by atoms with Crippen LogP contribution in [0.25, 0.3) is 11.0 Å². The first kappa shape index (κ1) is 14.0. The molecule has 4 heteroatoms. The molecule has 104 valence electrons. The summed E-state index contributed by atoms with van der Waals surface area (Å²) in [7, 11) is 4.05. The van der Waals surface area contributed by atoms with Gasteiger partial charge in [0.1, 0.15) is 5.82 Å². The van der Waals surface area contributed by atoms with Gasteiger partial charge in [0, 0.05) is 20.1 Å². The van der Waals surface area contributed by atoms with Gasteiger partial charge >= 0.3 is 0 Å². The van der Waals surface area contributed by atoms with Gasteiger partial charge in [0.25, 0.3) is 0 Å². The van der Waals surface area contributed by atoms with Crippen molar-refractivity contribution in [1.82, 2.24) is 14.5 Å². The van der Waals surface area contributed by atoms with E-state index < -0.39 is 5.60 Å². The van der Waals surface area contributed by atoms with E-state index in [0.717, 1.165) is 23.4 Å². The van der Waals surface area contributed by atoms with Crippen molar-refractivity contribution in [3.05, 3.63) is 29.6 Å². The van der Waals surface area contributed by atoms with Gasteiger partial charge in [-0.3, -0.25) is 4.90 Å². The van der Waals surface area contributed by atoms with Crippen molar-refractivity contribution in [3.8, 4) is 0 Å². The van der Waals surface area contributed by atoms with Crippen LogP contribution in [0.5, 0.6) is 0 Å². The molecule has 0 fully saturated rings. The molecule has 1 aromatic heterocycles. The van der Waals surface area contributed by atoms with Crippen molar-refractivity contribution in [2.24, 2.45) is 7.05 Å². The fourth-order valence-electron chi connectivity index (χ4n) is 2.49. The Morgan fingerprint density at radius 2 is 2.05 bits per heavy atom. The van der Waals surface area contributed by atoms with E-state index in [4.69, 9.17) is 0 Å². The Morgan fingerprint density at radius 1 is 1.37 bits per heavy atom. The number of hydrogen-bond acceptors (Lipinski definition) is 3. The average Bonchev–Trinajstić information content (AvgIpc) is 2.51. The molecule has 2 aromatic rings. The molecule has 19 heavy (non-hydrogen) atoms. The minimum Gasteiger partial charge on any atom is -0.389 e. The monoisotopic (exact) mass is 261 g/mol. The van der Waals surface area contributed by atoms with Crippen molar-refractivity contribution in [2.75, 3.05) is 13.6 Å². The number of aromatic nitrogens is 2. The van der Waals surface area contributed by atoms with Crippen LogP contribution < -0.4 is 0 Å². The lowest BCUT2D eigenvalue weighted by Gasteiger charge is -2.25. The van der Waals surface area contributed by atoms with Gasteiger partial charge in [-0.05, 0) is 45.5 Å². The molecule has 1 aromatic carbocycles. The Bertz CT molecular complexity index is 581. The predicted octanol–water partition coefficient (Wildman–Crippen LogP) is 2.08. The van der Waals surface area contributed by atoms with Gasteiger partial charge in [-0.2, -0.15) is 0 Å². The first-order valence-corrected chi connectivity index (χ1v) is 6.59. The van der Waals surface area contributed by atoms with E-state index in [0.29, 0.717) is 6.54 Å². The number of aryl methyl sites for hydroxylation is 2. The maximum absolute atomic E-state index is 9.82. The number of hydrogen-bond donors (Lipinski definition) is 1. The zero-order valence-electron chi connectivity index (χ0n) is 12.4. The third kappa shape index (κ3) is 3.33. The number of aliphatic hydroxyl groups is 1. The van der Waals surface area contributed by atoms with Gasteiger partial charge in [0.15, 0.2) is 0 Å². The summed E-state index contributed by atoms with van der Waals surface area (Å²) in [6, 6.07) is 6.37. The molecule has 0 atom stereocenters. The highest BCUT2D eigenvalue weighted by Gasteiger charge is 2.15. The fourth-order valence-corrected chi connectivity index (χ4v) is 2.49. The van der Waals surface area contributed by atoms with E-state index in [1.54, 1.807) is 0 Å². The minimum absolute atomic E-state index is 0.645. The Labute approximate surface area is 114 Å². The van der Waals surface area contributed by atoms with E-state index in [1.165, 1.54) is 5.56 Å². The maximum atomic E-state index is 9.82. The Morgan fingerprint density at radius 3 is 2.68 bits per heavy atom. The maximum Gasteiger partial charge on any atom is 0.106 e. The lowest BCUT2D eigenvalue weighted by atomic mass is 10.1. The Kier molecular flexibility index (Phi) is 3.65. The molecule has 1 N–H and O–H groups in total. The summed E-state index contributed by atoms with van der Waals surface area (Å²) in [5.41, 5.74) is 2.75. The number of nitrogens with zero attached hydrogens (tertiary/aromatic N) is 3. The second-order valence-corrected chi connectivity index (χ2v) is 6.03. The molecular formula is C15H23N3O. The summed E-state index contributed by atoms with van der Waals surface area (Å²) in [5, 5.41) is 9.82. The molecule has 2 rings (SSSR count). The molecule has 0 spiro atoms. The van der Waals surface area contributed by atoms with E-state index in [1.807, 2.05) is 34.9 Å². The summed E-state index contributed by atoms with van der Waals surface area (Å²) in [6.45, 7) is 7.13. The van der Waals surface area contributed by atoms with Gasteiger partial charge in [0.05, 0.1) is 16.6 Å². The van der Waals surface area contributed by atoms with Gasteiger partial charge < -0.3 is 9.67 Å². The predicted molar refractivity (Wildman–Crippen MR) is 78.1 cm³/mol. The minimum atomic E-state index is -0.666. The lowest BCUT2D eigenvalue weighted by Crippen LogP contribution is -2.35. The second kappa shape index (κ2) is 4.94. The third-order valence-corrected chi connectivity index (χ3v) is 3.28. The quantitative estimate of drug-likeness (QED) is 0.916. The highest BCUT2D eigenvalue weighted by Crippen LogP contribution is 2.17. The van der Waals surface area contributed by atoms with Gasteiger partial charge in [0.2, 0.25) is 0 Å². The zero-order valence-corrected chi connectivity index (χ0v) is 12.4. The molecule has 0 aliphatic carbocycles. The second-order valence-electron chi connectivity index (χ2n) is 6.03. The zero-order chi connectivity index (χ0) is 14.2. The summed E-state index contributed by atoms with van der Waals surface area (Å²) in [6.07, 6.45) is 0. The number of rotatable bonds is 4. The van der Waals surface area contributed by atoms with Crippen LogP contribution in [-0.2, 0) is 13.6 Å². The van der Waals surface area contributed by atoms with Crippen LogP contribution >= 0.6 is 0 Å². The van der Waals surface area contributed by atoms with E-state index in [-0.39, 0.29) is 0 Å². The number of fused-ring (bicyclic) bond motifs is 1. The van der Waals surface area contributed by atoms with Crippen LogP contribution in [0, 0.1) is 6.92 Å². The largest absolute Gasteiger partial charge is 0.389 e. The SMILES string of the molecule is Cc1nc2cc(CN(C)CC(C)(C)O)ccc2n1C. The van der Waals surface area contributed by atoms with Crippen LogP contribution in [-0.4, -0.2) is 38.8 Å². The van der Waals surface area contributed by atoms with Crippen LogP contribution in [0.2, 0.25) is 0 Å². The first-order valence-electron chi connectivity index (χ1n) is 6.59. The van der Waals surface area contributed by atoms with Crippen molar-refractivity contribution in [3.63, 3.8) is 0 Å². The molecule has 0 bridgehead atoms. The molecule has 0 aliphatic rings. The molecule has 0 unspecified atom stereocenters. The highest BCUT2D eigenvalue weighted by atomic mass is 16.3. The molecule has 0 saturated heterocycles. The van der Waals surface area contributed by atoms with Crippen molar-refractivity contribution in [2.45, 2.75) is 32.9 Å². The Hall–Kier alpha value is -1.39. The number of imidazole rings is 1. The van der Waals surface area contributed by atoms with Crippen LogP contribution in [0.4, 0.5) is 0 Å². The summed E-state index contributed by atoms with van der Waals surface area (Å²) < 4.78 is 2.10. The highest BCUT2D eigenvalue weighted by molar-refractivity contribution is 5.76. The van der Waals surface area contributed by atoms with Crippen LogP contribution in [0.3, 0.4) is 0 Å². The van der Waals surface area contributed by atoms with Crippen molar-refractivity contribution in [1.29, 1.82) is 0 Å². The summed E-state index contributed by atoms with van der Waals surface area (Å²) >= 11 is 0. The molecule has 1 heterocycles. The first-order chi connectivity index (χ1) is 8.76. The Balaban J connectivity index is 2.18. The van der Waals surface area contributed by atoms with Gasteiger partial charge in [-0.25, -0.2) is 4.98 Å². The number of likely N-dealkylation sites (N-methyl/N-ethyl adjacent to an activating group) is 1. The number of benzene rings is 1. The molecule has 0 saturated carbocycles. The van der Waals surface area contributed by atoms with Crippen molar-refractivity contribution < 1.29 is 5.11 Å². The van der Waals surface area contributed by atoms with Crippen LogP contribution in [0.15, 0.2) is 18.2 Å². The van der Waals surface area contributed by atoms with E-state index in [9.17, 15) is 5.11 Å². The molecule has 0 amide bonds. The topological polar surface area (TPSA) is 41.3 Å². The van der Waals surface area contributed by atoms with Gasteiger partial charge in [-0.15, -0.1) is 0 Å². The molecule has 0 radical (unpaired) electrons. The average molecular weight is 261 g/mol. The van der Waals surface area contributed by atoms with Crippen LogP contribution in [0.1, 0.15) is 25.2 Å². The van der Waals surface area contributed by atoms with Crippen molar-refractivity contribution >= 4 is 11.0 Å².